The second-order valence-corrected chi connectivity index (χ2v) is 9.77. The molecule has 0 bridgehead atoms. The Labute approximate surface area is 220 Å². The number of nitrogens with zero attached hydrogens (tertiary/aromatic N) is 4. The molecule has 0 fully saturated rings. The number of benzene rings is 2. The number of hydrogen-bond acceptors (Lipinski definition) is 8. The number of aliphatic imine (C=N–C) groups is 1. The minimum atomic E-state index is -1.84. The molecule has 202 valence electrons. The van der Waals surface area contributed by atoms with Gasteiger partial charge in [0.05, 0.1) is 13.2 Å². The van der Waals surface area contributed by atoms with E-state index in [1.54, 1.807) is 69.3 Å². The third-order valence-corrected chi connectivity index (χ3v) is 5.78. The fourth-order valence-corrected chi connectivity index (χ4v) is 4.06. The highest BCUT2D eigenvalue weighted by molar-refractivity contribution is 5.99. The largest absolute Gasteiger partial charge is 0.494 e. The third-order valence-electron chi connectivity index (χ3n) is 5.78. The number of rotatable bonds is 12. The number of carboxylic acid groups (broad SMARTS) is 1. The van der Waals surface area contributed by atoms with Gasteiger partial charge in [0.15, 0.2) is 6.10 Å². The number of carbonyl (C=O) groups is 2. The van der Waals surface area contributed by atoms with E-state index in [0.717, 1.165) is 0 Å². The van der Waals surface area contributed by atoms with Gasteiger partial charge in [-0.25, -0.2) is 9.79 Å². The van der Waals surface area contributed by atoms with Crippen molar-refractivity contribution in [1.29, 1.82) is 0 Å². The normalized spacial score (nSPS) is 18.6. The zero-order valence-electron chi connectivity index (χ0n) is 21.7. The highest BCUT2D eigenvalue weighted by Gasteiger charge is 2.54. The van der Waals surface area contributed by atoms with E-state index < -0.39 is 29.2 Å². The lowest BCUT2D eigenvalue weighted by molar-refractivity contribution is -0.156. The summed E-state index contributed by atoms with van der Waals surface area (Å²) in [5.74, 6) is -1.13. The van der Waals surface area contributed by atoms with Gasteiger partial charge in [-0.15, -0.1) is 0 Å². The van der Waals surface area contributed by atoms with Gasteiger partial charge in [-0.05, 0) is 68.1 Å². The van der Waals surface area contributed by atoms with E-state index in [9.17, 15) is 14.7 Å². The van der Waals surface area contributed by atoms with Crippen molar-refractivity contribution in [2.24, 2.45) is 10.1 Å². The number of hydrogen-bond donors (Lipinski definition) is 2. The lowest BCUT2D eigenvalue weighted by Gasteiger charge is -2.29. The Bertz CT molecular complexity index is 1220. The molecule has 2 aromatic carbocycles. The van der Waals surface area contributed by atoms with Crippen LogP contribution in [0.2, 0.25) is 0 Å². The van der Waals surface area contributed by atoms with E-state index in [2.05, 4.69) is 15.0 Å². The first kappa shape index (κ1) is 28.5. The molecule has 1 heterocycles. The highest BCUT2D eigenvalue weighted by Crippen LogP contribution is 2.44. The maximum absolute atomic E-state index is 12.8. The van der Waals surface area contributed by atoms with Crippen LogP contribution in [0.3, 0.4) is 0 Å². The maximum atomic E-state index is 12.8. The Morgan fingerprint density at radius 1 is 1.18 bits per heavy atom. The number of carboxylic acids is 1. The minimum absolute atomic E-state index is 0.0104. The molecular weight excluding hydrogens is 492 g/mol. The zero-order valence-corrected chi connectivity index (χ0v) is 21.7. The molecule has 2 aromatic rings. The molecule has 0 spiro atoms. The Morgan fingerprint density at radius 2 is 1.89 bits per heavy atom. The van der Waals surface area contributed by atoms with E-state index >= 15 is 0 Å². The van der Waals surface area contributed by atoms with Crippen molar-refractivity contribution >= 4 is 17.8 Å². The second kappa shape index (κ2) is 12.4. The Kier molecular flexibility index (Phi) is 9.33. The maximum Gasteiger partial charge on any atom is 0.336 e. The van der Waals surface area contributed by atoms with E-state index in [4.69, 9.17) is 24.8 Å². The van der Waals surface area contributed by atoms with Gasteiger partial charge in [0, 0.05) is 29.9 Å². The van der Waals surface area contributed by atoms with Crippen molar-refractivity contribution in [3.05, 3.63) is 75.7 Å². The summed E-state index contributed by atoms with van der Waals surface area (Å²) in [7, 11) is 0. The molecular formula is C27H32N4O7. The first-order valence-corrected chi connectivity index (χ1v) is 12.2. The first-order valence-electron chi connectivity index (χ1n) is 12.2. The van der Waals surface area contributed by atoms with Crippen molar-refractivity contribution in [1.82, 2.24) is 0 Å². The average molecular weight is 525 g/mol. The predicted molar refractivity (Wildman–Crippen MR) is 139 cm³/mol. The molecule has 11 nitrogen and oxygen atoms in total. The molecule has 0 aromatic heterocycles. The molecule has 0 unspecified atom stereocenters. The second-order valence-electron chi connectivity index (χ2n) is 9.77. The Morgan fingerprint density at radius 3 is 2.53 bits per heavy atom. The fourth-order valence-electron chi connectivity index (χ4n) is 4.06. The van der Waals surface area contributed by atoms with Crippen LogP contribution in [0, 0.1) is 0 Å². The summed E-state index contributed by atoms with van der Waals surface area (Å²) in [6.07, 6.45) is -0.976. The van der Waals surface area contributed by atoms with Gasteiger partial charge in [-0.3, -0.25) is 4.79 Å². The minimum Gasteiger partial charge on any atom is -0.494 e. The van der Waals surface area contributed by atoms with Crippen LogP contribution in [0.1, 0.15) is 62.8 Å². The van der Waals surface area contributed by atoms with Crippen LogP contribution in [-0.2, 0) is 25.6 Å². The van der Waals surface area contributed by atoms with Crippen LogP contribution in [0.5, 0.6) is 5.75 Å². The van der Waals surface area contributed by atoms with Gasteiger partial charge in [-0.2, -0.15) is 0 Å². The molecule has 3 rings (SSSR count). The lowest BCUT2D eigenvalue weighted by atomic mass is 9.82. The predicted octanol–water partition coefficient (Wildman–Crippen LogP) is 4.72. The quantitative estimate of drug-likeness (QED) is 0.133. The standard InChI is InChI=1S/C27H32N4O7/c1-26(2,3)38-22(33)13-14-27(25(34)35)23(21-8-5-4-7-19(21)17-29-31-28)37-24(30-27)18-9-11-20(12-10-18)36-16-6-15-32/h4-5,7-12,23,32H,6,13-17H2,1-3H3,(H,34,35)/t23-,27-/m1/s1. The smallest absolute Gasteiger partial charge is 0.336 e. The van der Waals surface area contributed by atoms with Crippen LogP contribution in [-0.4, -0.2) is 52.4 Å². The Hall–Kier alpha value is -4.08. The topological polar surface area (TPSA) is 163 Å². The van der Waals surface area contributed by atoms with Crippen LogP contribution in [0.25, 0.3) is 10.4 Å². The van der Waals surface area contributed by atoms with E-state index in [0.29, 0.717) is 35.5 Å². The molecule has 1 aliphatic rings. The molecule has 1 aliphatic heterocycles. The number of ether oxygens (including phenoxy) is 3. The Balaban J connectivity index is 2.01. The summed E-state index contributed by atoms with van der Waals surface area (Å²) in [6.45, 7) is 5.57. The zero-order chi connectivity index (χ0) is 27.8. The van der Waals surface area contributed by atoms with Gasteiger partial charge in [0.2, 0.25) is 11.4 Å². The third kappa shape index (κ3) is 7.02. The molecule has 2 atom stereocenters. The number of aliphatic hydroxyl groups is 1. The molecule has 0 amide bonds. The SMILES string of the molecule is CC(C)(C)OC(=O)CC[C@@]1(C(=O)O)N=C(c2ccc(OCCCO)cc2)O[C@@H]1c1ccccc1CN=[N+]=[N-]. The molecule has 11 heteroatoms. The number of esters is 1. The summed E-state index contributed by atoms with van der Waals surface area (Å²) < 4.78 is 17.2. The first-order chi connectivity index (χ1) is 18.1. The number of aliphatic hydroxyl groups excluding tert-OH is 1. The average Bonchev–Trinajstić information content (AvgIpc) is 3.27. The van der Waals surface area contributed by atoms with E-state index in [-0.39, 0.29) is 31.9 Å². The number of carbonyl (C=O) groups excluding carboxylic acids is 1. The highest BCUT2D eigenvalue weighted by atomic mass is 16.6. The number of aliphatic carboxylic acids is 1. The van der Waals surface area contributed by atoms with Gasteiger partial charge < -0.3 is 24.4 Å². The molecule has 38 heavy (non-hydrogen) atoms. The van der Waals surface area contributed by atoms with Crippen LogP contribution < -0.4 is 4.74 Å². The summed E-state index contributed by atoms with van der Waals surface area (Å²) >= 11 is 0. The summed E-state index contributed by atoms with van der Waals surface area (Å²) in [4.78, 5) is 32.8. The van der Waals surface area contributed by atoms with Crippen molar-refractivity contribution < 1.29 is 34.0 Å². The van der Waals surface area contributed by atoms with Crippen molar-refractivity contribution in [2.45, 2.75) is 63.8 Å². The summed E-state index contributed by atoms with van der Waals surface area (Å²) in [5.41, 5.74) is 7.87. The summed E-state index contributed by atoms with van der Waals surface area (Å²) in [5, 5.41) is 23.0. The van der Waals surface area contributed by atoms with Crippen molar-refractivity contribution in [3.63, 3.8) is 0 Å². The molecule has 2 N–H and O–H groups in total. The van der Waals surface area contributed by atoms with Crippen LogP contribution in [0.4, 0.5) is 0 Å². The summed E-state index contributed by atoms with van der Waals surface area (Å²) in [6, 6.07) is 13.7. The van der Waals surface area contributed by atoms with E-state index in [1.807, 2.05) is 0 Å². The van der Waals surface area contributed by atoms with Crippen LogP contribution >= 0.6 is 0 Å². The molecule has 0 radical (unpaired) electrons. The van der Waals surface area contributed by atoms with Crippen LogP contribution in [0.15, 0.2) is 58.6 Å². The molecule has 0 saturated heterocycles. The van der Waals surface area contributed by atoms with Crippen molar-refractivity contribution in [2.75, 3.05) is 13.2 Å². The molecule has 0 saturated carbocycles. The van der Waals surface area contributed by atoms with E-state index in [1.165, 1.54) is 0 Å². The fraction of sp³-hybridized carbons (Fsp3) is 0.444. The lowest BCUT2D eigenvalue weighted by Crippen LogP contribution is -2.42. The molecule has 0 aliphatic carbocycles. The number of azide groups is 1. The van der Waals surface area contributed by atoms with Gasteiger partial charge in [-0.1, -0.05) is 29.4 Å². The van der Waals surface area contributed by atoms with Gasteiger partial charge >= 0.3 is 11.9 Å². The monoisotopic (exact) mass is 524 g/mol. The van der Waals surface area contributed by atoms with Gasteiger partial charge in [0.1, 0.15) is 11.4 Å². The van der Waals surface area contributed by atoms with Gasteiger partial charge in [0.25, 0.3) is 0 Å². The van der Waals surface area contributed by atoms with Crippen molar-refractivity contribution in [3.8, 4) is 5.75 Å².